The fraction of sp³-hybridized carbons (Fsp3) is 0.588. The van der Waals surface area contributed by atoms with Crippen molar-refractivity contribution in [2.75, 3.05) is 26.2 Å². The summed E-state index contributed by atoms with van der Waals surface area (Å²) in [6, 6.07) is 9.79. The van der Waals surface area contributed by atoms with Crippen LogP contribution in [-0.4, -0.2) is 32.1 Å². The Hall–Kier alpha value is -1.55. The predicted molar refractivity (Wildman–Crippen MR) is 82.2 cm³/mol. The van der Waals surface area contributed by atoms with Crippen molar-refractivity contribution < 1.29 is 9.53 Å². The van der Waals surface area contributed by atoms with Crippen LogP contribution in [0.3, 0.4) is 0 Å². The first-order chi connectivity index (χ1) is 10.3. The van der Waals surface area contributed by atoms with Crippen molar-refractivity contribution in [3.05, 3.63) is 30.3 Å². The predicted octanol–water partition coefficient (Wildman–Crippen LogP) is 1.96. The molecule has 4 heteroatoms. The molecule has 114 valence electrons. The lowest BCUT2D eigenvalue weighted by molar-refractivity contribution is -0.123. The van der Waals surface area contributed by atoms with Gasteiger partial charge in [0.05, 0.1) is 6.61 Å². The largest absolute Gasteiger partial charge is 0.494 e. The molecular formula is C17H24N2O2. The molecule has 2 fully saturated rings. The molecule has 1 unspecified atom stereocenters. The Morgan fingerprint density at radius 3 is 2.81 bits per heavy atom. The third-order valence-electron chi connectivity index (χ3n) is 4.74. The van der Waals surface area contributed by atoms with E-state index < -0.39 is 0 Å². The summed E-state index contributed by atoms with van der Waals surface area (Å²) in [6.07, 6.45) is 4.24. The highest BCUT2D eigenvalue weighted by atomic mass is 16.5. The Kier molecular flexibility index (Phi) is 4.44. The van der Waals surface area contributed by atoms with Crippen LogP contribution in [0.15, 0.2) is 30.3 Å². The molecule has 0 bridgehead atoms. The number of para-hydroxylation sites is 1. The van der Waals surface area contributed by atoms with E-state index in [0.717, 1.165) is 44.5 Å². The molecule has 1 spiro atoms. The molecule has 1 saturated carbocycles. The monoisotopic (exact) mass is 288 g/mol. The number of carbonyl (C=O) groups is 1. The van der Waals surface area contributed by atoms with Crippen LogP contribution in [-0.2, 0) is 4.79 Å². The zero-order valence-electron chi connectivity index (χ0n) is 12.4. The molecule has 21 heavy (non-hydrogen) atoms. The van der Waals surface area contributed by atoms with Gasteiger partial charge in [-0.15, -0.1) is 0 Å². The van der Waals surface area contributed by atoms with Gasteiger partial charge < -0.3 is 15.4 Å². The fourth-order valence-corrected chi connectivity index (χ4v) is 3.31. The number of piperidine rings is 1. The van der Waals surface area contributed by atoms with E-state index in [1.807, 2.05) is 30.3 Å². The van der Waals surface area contributed by atoms with E-state index in [9.17, 15) is 4.79 Å². The molecule has 1 saturated heterocycles. The van der Waals surface area contributed by atoms with Crippen LogP contribution in [0.25, 0.3) is 0 Å². The zero-order chi connectivity index (χ0) is 14.5. The summed E-state index contributed by atoms with van der Waals surface area (Å²) in [5.74, 6) is 1.39. The van der Waals surface area contributed by atoms with Gasteiger partial charge in [0, 0.05) is 12.5 Å². The van der Waals surface area contributed by atoms with Crippen molar-refractivity contribution in [3.8, 4) is 5.75 Å². The summed E-state index contributed by atoms with van der Waals surface area (Å²) in [5.41, 5.74) is 0.329. The standard InChI is InChI=1S/C17H24N2O2/c20-16(15-13-17(15)7-10-18-11-8-17)19-9-4-12-21-14-5-2-1-3-6-14/h1-3,5-6,15,18H,4,7-13H2,(H,19,20). The summed E-state index contributed by atoms with van der Waals surface area (Å²) in [5, 5.41) is 6.43. The Bertz CT molecular complexity index is 469. The molecule has 2 N–H and O–H groups in total. The summed E-state index contributed by atoms with van der Waals surface area (Å²) in [6.45, 7) is 3.48. The minimum atomic E-state index is 0.247. The first-order valence-electron chi connectivity index (χ1n) is 7.96. The molecule has 0 radical (unpaired) electrons. The van der Waals surface area contributed by atoms with Crippen molar-refractivity contribution in [2.45, 2.75) is 25.7 Å². The van der Waals surface area contributed by atoms with Crippen molar-refractivity contribution >= 4 is 5.91 Å². The highest BCUT2D eigenvalue weighted by molar-refractivity contribution is 5.82. The first kappa shape index (κ1) is 14.4. The quantitative estimate of drug-likeness (QED) is 0.787. The molecular weight excluding hydrogens is 264 g/mol. The molecule has 1 aliphatic carbocycles. The van der Waals surface area contributed by atoms with E-state index in [2.05, 4.69) is 10.6 Å². The molecule has 1 atom stereocenters. The van der Waals surface area contributed by atoms with Gasteiger partial charge in [-0.1, -0.05) is 18.2 Å². The van der Waals surface area contributed by atoms with E-state index in [1.165, 1.54) is 0 Å². The molecule has 4 nitrogen and oxygen atoms in total. The van der Waals surface area contributed by atoms with E-state index >= 15 is 0 Å². The van der Waals surface area contributed by atoms with Crippen molar-refractivity contribution in [3.63, 3.8) is 0 Å². The lowest BCUT2D eigenvalue weighted by atomic mass is 9.92. The molecule has 3 rings (SSSR count). The number of rotatable bonds is 6. The van der Waals surface area contributed by atoms with E-state index in [1.54, 1.807) is 0 Å². The summed E-state index contributed by atoms with van der Waals surface area (Å²) < 4.78 is 5.61. The Morgan fingerprint density at radius 1 is 1.29 bits per heavy atom. The maximum absolute atomic E-state index is 12.1. The number of amides is 1. The van der Waals surface area contributed by atoms with Crippen LogP contribution in [0.5, 0.6) is 5.75 Å². The van der Waals surface area contributed by atoms with E-state index in [4.69, 9.17) is 4.74 Å². The Balaban J connectivity index is 1.30. The molecule has 1 aromatic rings. The molecule has 1 aromatic carbocycles. The van der Waals surface area contributed by atoms with Gasteiger partial charge in [-0.25, -0.2) is 0 Å². The number of nitrogens with one attached hydrogen (secondary N) is 2. The van der Waals surface area contributed by atoms with Crippen LogP contribution >= 0.6 is 0 Å². The van der Waals surface area contributed by atoms with Gasteiger partial charge in [-0.2, -0.15) is 0 Å². The van der Waals surface area contributed by atoms with Gasteiger partial charge in [0.15, 0.2) is 0 Å². The van der Waals surface area contributed by atoms with Gasteiger partial charge >= 0.3 is 0 Å². The second kappa shape index (κ2) is 6.48. The molecule has 1 heterocycles. The highest BCUT2D eigenvalue weighted by Gasteiger charge is 2.57. The lowest BCUT2D eigenvalue weighted by Gasteiger charge is -2.23. The maximum Gasteiger partial charge on any atom is 0.223 e. The average molecular weight is 288 g/mol. The van der Waals surface area contributed by atoms with Crippen LogP contribution in [0.2, 0.25) is 0 Å². The van der Waals surface area contributed by atoms with Crippen molar-refractivity contribution in [1.29, 1.82) is 0 Å². The van der Waals surface area contributed by atoms with Crippen LogP contribution in [0, 0.1) is 11.3 Å². The van der Waals surface area contributed by atoms with E-state index in [-0.39, 0.29) is 11.8 Å². The second-order valence-corrected chi connectivity index (χ2v) is 6.18. The third kappa shape index (κ3) is 3.56. The van der Waals surface area contributed by atoms with Crippen LogP contribution < -0.4 is 15.4 Å². The average Bonchev–Trinajstić information content (AvgIpc) is 3.22. The highest BCUT2D eigenvalue weighted by Crippen LogP contribution is 2.58. The summed E-state index contributed by atoms with van der Waals surface area (Å²) in [7, 11) is 0. The molecule has 0 aromatic heterocycles. The minimum Gasteiger partial charge on any atom is -0.494 e. The molecule has 1 aliphatic heterocycles. The van der Waals surface area contributed by atoms with Gasteiger partial charge in [0.2, 0.25) is 5.91 Å². The second-order valence-electron chi connectivity index (χ2n) is 6.18. The van der Waals surface area contributed by atoms with E-state index in [0.29, 0.717) is 18.6 Å². The SMILES string of the molecule is O=C(NCCCOc1ccccc1)C1CC12CCNCC2. The number of hydrogen-bond donors (Lipinski definition) is 2. The summed E-state index contributed by atoms with van der Waals surface area (Å²) in [4.78, 5) is 12.1. The topological polar surface area (TPSA) is 50.4 Å². The molecule has 2 aliphatic rings. The third-order valence-corrected chi connectivity index (χ3v) is 4.74. The van der Waals surface area contributed by atoms with Crippen molar-refractivity contribution in [1.82, 2.24) is 10.6 Å². The summed E-state index contributed by atoms with van der Waals surface area (Å²) >= 11 is 0. The van der Waals surface area contributed by atoms with Gasteiger partial charge in [0.1, 0.15) is 5.75 Å². The Labute approximate surface area is 126 Å². The smallest absolute Gasteiger partial charge is 0.223 e. The number of carbonyl (C=O) groups excluding carboxylic acids is 1. The maximum atomic E-state index is 12.1. The molecule has 1 amide bonds. The minimum absolute atomic E-state index is 0.247. The fourth-order valence-electron chi connectivity index (χ4n) is 3.31. The van der Waals surface area contributed by atoms with Gasteiger partial charge in [0.25, 0.3) is 0 Å². The van der Waals surface area contributed by atoms with Crippen LogP contribution in [0.1, 0.15) is 25.7 Å². The van der Waals surface area contributed by atoms with Crippen molar-refractivity contribution in [2.24, 2.45) is 11.3 Å². The normalized spacial score (nSPS) is 22.8. The van der Waals surface area contributed by atoms with Crippen LogP contribution in [0.4, 0.5) is 0 Å². The lowest BCUT2D eigenvalue weighted by Crippen LogP contribution is -2.34. The zero-order valence-corrected chi connectivity index (χ0v) is 12.4. The van der Waals surface area contributed by atoms with Gasteiger partial charge in [-0.05, 0) is 56.3 Å². The number of hydrogen-bond acceptors (Lipinski definition) is 3. The first-order valence-corrected chi connectivity index (χ1v) is 7.96. The van der Waals surface area contributed by atoms with Gasteiger partial charge in [-0.3, -0.25) is 4.79 Å². The number of ether oxygens (including phenoxy) is 1. The Morgan fingerprint density at radius 2 is 2.05 bits per heavy atom. The number of benzene rings is 1.